The number of hydrogen-bond donors (Lipinski definition) is 1. The molecule has 0 aliphatic rings. The molecule has 9 heteroatoms. The third kappa shape index (κ3) is 5.97. The number of halogens is 1. The third-order valence-electron chi connectivity index (χ3n) is 1.80. The maximum Gasteiger partial charge on any atom is 0.410 e. The molecular weight excluding hydrogens is 310 g/mol. The van der Waals surface area contributed by atoms with Gasteiger partial charge in [0.2, 0.25) is 0 Å². The topological polar surface area (TPSA) is 58.6 Å². The van der Waals surface area contributed by atoms with E-state index in [9.17, 15) is 13.8 Å². The lowest BCUT2D eigenvalue weighted by molar-refractivity contribution is 0.209. The highest BCUT2D eigenvalue weighted by molar-refractivity contribution is 8.57. The van der Waals surface area contributed by atoms with E-state index in [0.717, 1.165) is 16.3 Å². The van der Waals surface area contributed by atoms with E-state index < -0.39 is 12.9 Å². The zero-order valence-corrected chi connectivity index (χ0v) is 12.9. The molecule has 0 saturated carbocycles. The van der Waals surface area contributed by atoms with Crippen molar-refractivity contribution in [1.29, 1.82) is 0 Å². The molecule has 0 radical (unpaired) electrons. The molecule has 0 saturated heterocycles. The average molecular weight is 324 g/mol. The largest absolute Gasteiger partial charge is 0.410 e. The van der Waals surface area contributed by atoms with Crippen LogP contribution in [0.15, 0.2) is 35.2 Å². The summed E-state index contributed by atoms with van der Waals surface area (Å²) in [7, 11) is 1.23. The summed E-state index contributed by atoms with van der Waals surface area (Å²) in [5.41, 5.74) is 0. The van der Waals surface area contributed by atoms with Crippen molar-refractivity contribution in [3.63, 3.8) is 0 Å². The van der Waals surface area contributed by atoms with Gasteiger partial charge in [0.15, 0.2) is 0 Å². The molecule has 5 nitrogen and oxygen atoms in total. The minimum atomic E-state index is -3.27. The second-order valence-electron chi connectivity index (χ2n) is 3.25. The van der Waals surface area contributed by atoms with Gasteiger partial charge in [-0.2, -0.15) is 4.49 Å². The molecule has 0 aliphatic carbocycles. The Morgan fingerprint density at radius 2 is 2.11 bits per heavy atom. The van der Waals surface area contributed by atoms with E-state index in [1.165, 1.54) is 7.05 Å². The summed E-state index contributed by atoms with van der Waals surface area (Å²) in [6.45, 7) is -1.33. The zero-order chi connectivity index (χ0) is 14.3. The minimum absolute atomic E-state index is 0.234. The SMILES string of the molecule is CCOP(=O)(NSN(C)C(=O)F)Sc1ccccc1. The van der Waals surface area contributed by atoms with Crippen molar-refractivity contribution in [2.24, 2.45) is 0 Å². The molecular formula is C10H14FN2O3PS2. The van der Waals surface area contributed by atoms with Crippen LogP contribution in [0.2, 0.25) is 0 Å². The first-order valence-electron chi connectivity index (χ1n) is 5.33. The molecule has 1 aromatic carbocycles. The van der Waals surface area contributed by atoms with Crippen LogP contribution >= 0.6 is 30.2 Å². The average Bonchev–Trinajstić information content (AvgIpc) is 2.37. The summed E-state index contributed by atoms with van der Waals surface area (Å²) in [5.74, 6) is 0. The smallest absolute Gasteiger partial charge is 0.309 e. The van der Waals surface area contributed by atoms with Crippen LogP contribution in [0.1, 0.15) is 6.92 Å². The van der Waals surface area contributed by atoms with Crippen LogP contribution in [0.4, 0.5) is 9.18 Å². The van der Waals surface area contributed by atoms with Gasteiger partial charge < -0.3 is 4.52 Å². The van der Waals surface area contributed by atoms with Gasteiger partial charge >= 0.3 is 12.9 Å². The van der Waals surface area contributed by atoms with Gasteiger partial charge in [-0.15, -0.1) is 4.39 Å². The number of carbonyl (C=O) groups is 1. The second-order valence-corrected chi connectivity index (χ2v) is 8.61. The van der Waals surface area contributed by atoms with Gasteiger partial charge in [0.25, 0.3) is 0 Å². The van der Waals surface area contributed by atoms with Crippen molar-refractivity contribution in [3.8, 4) is 0 Å². The maximum absolute atomic E-state index is 12.5. The van der Waals surface area contributed by atoms with Crippen molar-refractivity contribution in [3.05, 3.63) is 30.3 Å². The van der Waals surface area contributed by atoms with E-state index in [1.54, 1.807) is 19.1 Å². The number of carbonyl (C=O) groups excluding carboxylic acids is 1. The second kappa shape index (κ2) is 7.91. The molecule has 1 unspecified atom stereocenters. The number of nitrogens with one attached hydrogen (secondary N) is 1. The van der Waals surface area contributed by atoms with Gasteiger partial charge in [0.1, 0.15) is 0 Å². The molecule has 0 aromatic heterocycles. The summed E-state index contributed by atoms with van der Waals surface area (Å²) >= 11 is 1.61. The summed E-state index contributed by atoms with van der Waals surface area (Å²) in [6.07, 6.45) is -1.63. The Morgan fingerprint density at radius 1 is 1.47 bits per heavy atom. The Morgan fingerprint density at radius 3 is 2.63 bits per heavy atom. The molecule has 1 N–H and O–H groups in total. The van der Waals surface area contributed by atoms with Crippen molar-refractivity contribution in [2.75, 3.05) is 13.7 Å². The first kappa shape index (κ1) is 16.5. The minimum Gasteiger partial charge on any atom is -0.309 e. The van der Waals surface area contributed by atoms with E-state index in [2.05, 4.69) is 4.49 Å². The Balaban J connectivity index is 2.68. The lowest BCUT2D eigenvalue weighted by Gasteiger charge is -2.19. The number of benzene rings is 1. The fourth-order valence-corrected chi connectivity index (χ4v) is 5.59. The first-order valence-corrected chi connectivity index (χ1v) is 9.15. The molecule has 0 heterocycles. The van der Waals surface area contributed by atoms with Crippen LogP contribution in [0, 0.1) is 0 Å². The van der Waals surface area contributed by atoms with Gasteiger partial charge in [0, 0.05) is 11.9 Å². The molecule has 106 valence electrons. The predicted octanol–water partition coefficient (Wildman–Crippen LogP) is 4.10. The van der Waals surface area contributed by atoms with E-state index >= 15 is 0 Å². The summed E-state index contributed by atoms with van der Waals surface area (Å²) < 4.78 is 33.2. The van der Waals surface area contributed by atoms with Gasteiger partial charge in [-0.25, -0.2) is 9.10 Å². The highest BCUT2D eigenvalue weighted by atomic mass is 32.7. The Kier molecular flexibility index (Phi) is 6.88. The quantitative estimate of drug-likeness (QED) is 0.353. The highest BCUT2D eigenvalue weighted by Crippen LogP contribution is 2.60. The molecule has 19 heavy (non-hydrogen) atoms. The molecule has 1 amide bonds. The van der Waals surface area contributed by atoms with Crippen LogP contribution in [-0.2, 0) is 9.09 Å². The van der Waals surface area contributed by atoms with Crippen LogP contribution in [-0.4, -0.2) is 24.1 Å². The molecule has 0 bridgehead atoms. The predicted molar refractivity (Wildman–Crippen MR) is 76.5 cm³/mol. The number of rotatable bonds is 7. The number of hydrogen-bond acceptors (Lipinski definition) is 5. The van der Waals surface area contributed by atoms with E-state index in [1.807, 2.05) is 18.2 Å². The first-order chi connectivity index (χ1) is 8.97. The van der Waals surface area contributed by atoms with Crippen LogP contribution < -0.4 is 4.49 Å². The third-order valence-corrected chi connectivity index (χ3v) is 7.11. The lowest BCUT2D eigenvalue weighted by Crippen LogP contribution is -2.18. The monoisotopic (exact) mass is 324 g/mol. The Labute approximate surface area is 119 Å². The fraction of sp³-hybridized carbons (Fsp3) is 0.300. The molecule has 1 atom stereocenters. The standard InChI is InChI=1S/C10H14FN2O3PS2/c1-3-16-17(15,12-19-13(2)10(11)14)18-9-7-5-4-6-8-9/h4-8H,3H2,1-2H3,(H,12,15). The van der Waals surface area contributed by atoms with Gasteiger partial charge in [-0.05, 0) is 30.4 Å². The van der Waals surface area contributed by atoms with Crippen molar-refractivity contribution >= 4 is 36.4 Å². The number of nitrogens with zero attached hydrogens (tertiary/aromatic N) is 1. The van der Waals surface area contributed by atoms with Gasteiger partial charge in [0.05, 0.1) is 18.7 Å². The Bertz CT molecular complexity index is 463. The number of amides is 1. The zero-order valence-electron chi connectivity index (χ0n) is 10.4. The molecule has 1 rings (SSSR count). The highest BCUT2D eigenvalue weighted by Gasteiger charge is 2.26. The molecule has 0 aliphatic heterocycles. The van der Waals surface area contributed by atoms with Gasteiger partial charge in [-0.1, -0.05) is 18.2 Å². The van der Waals surface area contributed by atoms with Crippen LogP contribution in [0.25, 0.3) is 0 Å². The van der Waals surface area contributed by atoms with Crippen molar-refractivity contribution in [2.45, 2.75) is 11.8 Å². The van der Waals surface area contributed by atoms with Crippen LogP contribution in [0.5, 0.6) is 0 Å². The summed E-state index contributed by atoms with van der Waals surface area (Å²) in [4.78, 5) is 11.2. The summed E-state index contributed by atoms with van der Waals surface area (Å²) in [5, 5.41) is 0. The van der Waals surface area contributed by atoms with Crippen LogP contribution in [0.3, 0.4) is 0 Å². The lowest BCUT2D eigenvalue weighted by atomic mass is 10.4. The van der Waals surface area contributed by atoms with Crippen molar-refractivity contribution in [1.82, 2.24) is 8.80 Å². The fourth-order valence-electron chi connectivity index (χ4n) is 1.01. The van der Waals surface area contributed by atoms with E-state index in [-0.39, 0.29) is 6.61 Å². The maximum atomic E-state index is 12.5. The summed E-state index contributed by atoms with van der Waals surface area (Å²) in [6, 6.07) is 9.03. The Hall–Kier alpha value is -0.530. The van der Waals surface area contributed by atoms with Crippen molar-refractivity contribution < 1.29 is 18.3 Å². The van der Waals surface area contributed by atoms with E-state index in [0.29, 0.717) is 16.4 Å². The molecule has 1 aromatic rings. The van der Waals surface area contributed by atoms with E-state index in [4.69, 9.17) is 4.52 Å². The molecule has 0 fully saturated rings. The van der Waals surface area contributed by atoms with Gasteiger partial charge in [-0.3, -0.25) is 4.57 Å². The molecule has 0 spiro atoms. The normalized spacial score (nSPS) is 13.8.